The highest BCUT2D eigenvalue weighted by Gasteiger charge is 2.22. The third kappa shape index (κ3) is 3.72. The molecule has 1 saturated heterocycles. The SMILES string of the molecule is C#CCNC(=NC)N1CCOC(COC)C1. The van der Waals surface area contributed by atoms with Gasteiger partial charge in [0, 0.05) is 27.2 Å². The number of aliphatic imine (C=N–C) groups is 1. The molecule has 5 nitrogen and oxygen atoms in total. The van der Waals surface area contributed by atoms with E-state index in [0.717, 1.165) is 19.0 Å². The van der Waals surface area contributed by atoms with Crippen molar-refractivity contribution in [3.8, 4) is 12.3 Å². The summed E-state index contributed by atoms with van der Waals surface area (Å²) in [6.45, 7) is 3.37. The molecule has 1 unspecified atom stereocenters. The highest BCUT2D eigenvalue weighted by Crippen LogP contribution is 2.05. The van der Waals surface area contributed by atoms with Crippen LogP contribution in [0.1, 0.15) is 0 Å². The predicted octanol–water partition coefficient (Wildman–Crippen LogP) is -0.458. The Bertz CT molecular complexity index is 271. The lowest BCUT2D eigenvalue weighted by molar-refractivity contribution is -0.0446. The number of nitrogens with zero attached hydrogens (tertiary/aromatic N) is 2. The van der Waals surface area contributed by atoms with Crippen molar-refractivity contribution in [1.82, 2.24) is 10.2 Å². The molecule has 90 valence electrons. The number of hydrogen-bond acceptors (Lipinski definition) is 3. The molecule has 0 aromatic carbocycles. The summed E-state index contributed by atoms with van der Waals surface area (Å²) in [5.41, 5.74) is 0. The Morgan fingerprint density at radius 1 is 1.75 bits per heavy atom. The van der Waals surface area contributed by atoms with Crippen LogP contribution < -0.4 is 5.32 Å². The number of ether oxygens (including phenoxy) is 2. The smallest absolute Gasteiger partial charge is 0.194 e. The van der Waals surface area contributed by atoms with Gasteiger partial charge in [0.1, 0.15) is 0 Å². The quantitative estimate of drug-likeness (QED) is 0.401. The first-order valence-electron chi connectivity index (χ1n) is 5.31. The molecule has 1 N–H and O–H groups in total. The zero-order valence-corrected chi connectivity index (χ0v) is 9.90. The maximum atomic E-state index is 5.56. The van der Waals surface area contributed by atoms with E-state index in [4.69, 9.17) is 15.9 Å². The molecule has 1 aliphatic rings. The summed E-state index contributed by atoms with van der Waals surface area (Å²) in [6.07, 6.45) is 5.31. The van der Waals surface area contributed by atoms with Crippen molar-refractivity contribution in [3.63, 3.8) is 0 Å². The van der Waals surface area contributed by atoms with Gasteiger partial charge in [-0.3, -0.25) is 4.99 Å². The normalized spacial score (nSPS) is 21.7. The summed E-state index contributed by atoms with van der Waals surface area (Å²) in [4.78, 5) is 6.31. The van der Waals surface area contributed by atoms with Crippen molar-refractivity contribution < 1.29 is 9.47 Å². The van der Waals surface area contributed by atoms with Gasteiger partial charge in [0.15, 0.2) is 5.96 Å². The van der Waals surface area contributed by atoms with E-state index in [1.807, 2.05) is 0 Å². The first-order valence-corrected chi connectivity index (χ1v) is 5.31. The van der Waals surface area contributed by atoms with E-state index in [1.54, 1.807) is 14.2 Å². The minimum atomic E-state index is 0.100. The number of guanidine groups is 1. The van der Waals surface area contributed by atoms with Crippen molar-refractivity contribution in [2.75, 3.05) is 47.0 Å². The Hall–Kier alpha value is -1.25. The molecule has 0 aliphatic carbocycles. The Kier molecular flexibility index (Phi) is 5.68. The molecule has 0 aromatic rings. The molecule has 0 aromatic heterocycles. The van der Waals surface area contributed by atoms with Crippen molar-refractivity contribution >= 4 is 5.96 Å². The second-order valence-corrected chi connectivity index (χ2v) is 3.50. The van der Waals surface area contributed by atoms with Crippen molar-refractivity contribution in [2.24, 2.45) is 4.99 Å². The maximum absolute atomic E-state index is 5.56. The monoisotopic (exact) mass is 225 g/mol. The molecular formula is C11H19N3O2. The van der Waals surface area contributed by atoms with Crippen LogP contribution in [0.5, 0.6) is 0 Å². The second kappa shape index (κ2) is 7.09. The summed E-state index contributed by atoms with van der Waals surface area (Å²) < 4.78 is 10.6. The van der Waals surface area contributed by atoms with Crippen LogP contribution in [-0.2, 0) is 9.47 Å². The van der Waals surface area contributed by atoms with Gasteiger partial charge in [-0.25, -0.2) is 0 Å². The van der Waals surface area contributed by atoms with Crippen LogP contribution in [0.2, 0.25) is 0 Å². The van der Waals surface area contributed by atoms with Gasteiger partial charge < -0.3 is 19.7 Å². The summed E-state index contributed by atoms with van der Waals surface area (Å²) in [5.74, 6) is 3.36. The Morgan fingerprint density at radius 2 is 2.56 bits per heavy atom. The van der Waals surface area contributed by atoms with E-state index in [1.165, 1.54) is 0 Å². The van der Waals surface area contributed by atoms with Gasteiger partial charge in [-0.05, 0) is 0 Å². The Labute approximate surface area is 96.8 Å². The Morgan fingerprint density at radius 3 is 3.19 bits per heavy atom. The van der Waals surface area contributed by atoms with E-state index < -0.39 is 0 Å². The molecule has 1 fully saturated rings. The van der Waals surface area contributed by atoms with Gasteiger partial charge in [-0.15, -0.1) is 6.42 Å². The van der Waals surface area contributed by atoms with Crippen LogP contribution in [0, 0.1) is 12.3 Å². The number of methoxy groups -OCH3 is 1. The largest absolute Gasteiger partial charge is 0.382 e. The van der Waals surface area contributed by atoms with E-state index in [9.17, 15) is 0 Å². The van der Waals surface area contributed by atoms with Crippen molar-refractivity contribution in [2.45, 2.75) is 6.10 Å². The van der Waals surface area contributed by atoms with Crippen LogP contribution in [0.25, 0.3) is 0 Å². The first kappa shape index (κ1) is 12.8. The number of terminal acetylenes is 1. The zero-order chi connectivity index (χ0) is 11.8. The van der Waals surface area contributed by atoms with Crippen LogP contribution in [-0.4, -0.2) is 64.0 Å². The molecule has 0 amide bonds. The topological polar surface area (TPSA) is 46.1 Å². The molecule has 1 rings (SSSR count). The van der Waals surface area contributed by atoms with Gasteiger partial charge in [0.2, 0.25) is 0 Å². The van der Waals surface area contributed by atoms with Crippen LogP contribution in [0.3, 0.4) is 0 Å². The molecular weight excluding hydrogens is 206 g/mol. The van der Waals surface area contributed by atoms with E-state index in [2.05, 4.69) is 21.1 Å². The average Bonchev–Trinajstić information content (AvgIpc) is 2.31. The summed E-state index contributed by atoms with van der Waals surface area (Å²) in [7, 11) is 3.42. The van der Waals surface area contributed by atoms with Gasteiger partial charge in [0.25, 0.3) is 0 Å². The molecule has 5 heteroatoms. The van der Waals surface area contributed by atoms with Gasteiger partial charge in [-0.1, -0.05) is 5.92 Å². The van der Waals surface area contributed by atoms with E-state index >= 15 is 0 Å². The highest BCUT2D eigenvalue weighted by atomic mass is 16.5. The Balaban J connectivity index is 2.48. The van der Waals surface area contributed by atoms with Crippen LogP contribution in [0.15, 0.2) is 4.99 Å². The average molecular weight is 225 g/mol. The fourth-order valence-corrected chi connectivity index (χ4v) is 1.66. The third-order valence-electron chi connectivity index (χ3n) is 2.35. The molecule has 0 spiro atoms. The molecule has 1 heterocycles. The summed E-state index contributed by atoms with van der Waals surface area (Å²) >= 11 is 0. The minimum Gasteiger partial charge on any atom is -0.382 e. The number of hydrogen-bond donors (Lipinski definition) is 1. The molecule has 16 heavy (non-hydrogen) atoms. The van der Waals surface area contributed by atoms with Crippen molar-refractivity contribution in [1.29, 1.82) is 0 Å². The summed E-state index contributed by atoms with van der Waals surface area (Å²) in [5, 5.41) is 3.09. The summed E-state index contributed by atoms with van der Waals surface area (Å²) in [6, 6.07) is 0. The minimum absolute atomic E-state index is 0.100. The number of morpholine rings is 1. The van der Waals surface area contributed by atoms with Crippen LogP contribution >= 0.6 is 0 Å². The first-order chi connectivity index (χ1) is 7.81. The molecule has 0 saturated carbocycles. The maximum Gasteiger partial charge on any atom is 0.194 e. The van der Waals surface area contributed by atoms with E-state index in [0.29, 0.717) is 19.8 Å². The molecule has 1 aliphatic heterocycles. The lowest BCUT2D eigenvalue weighted by Crippen LogP contribution is -2.51. The van der Waals surface area contributed by atoms with E-state index in [-0.39, 0.29) is 6.10 Å². The number of rotatable bonds is 3. The standard InChI is InChI=1S/C11H19N3O2/c1-4-5-13-11(12-2)14-6-7-16-10(8-14)9-15-3/h1,10H,5-9H2,2-3H3,(H,12,13). The molecule has 0 bridgehead atoms. The third-order valence-corrected chi connectivity index (χ3v) is 2.35. The van der Waals surface area contributed by atoms with Gasteiger partial charge in [-0.2, -0.15) is 0 Å². The van der Waals surface area contributed by atoms with Crippen LogP contribution in [0.4, 0.5) is 0 Å². The van der Waals surface area contributed by atoms with Gasteiger partial charge in [0.05, 0.1) is 25.9 Å². The fraction of sp³-hybridized carbons (Fsp3) is 0.727. The lowest BCUT2D eigenvalue weighted by Gasteiger charge is -2.34. The zero-order valence-electron chi connectivity index (χ0n) is 9.90. The van der Waals surface area contributed by atoms with Gasteiger partial charge >= 0.3 is 0 Å². The highest BCUT2D eigenvalue weighted by molar-refractivity contribution is 5.80. The number of nitrogens with one attached hydrogen (secondary N) is 1. The molecule has 1 atom stereocenters. The second-order valence-electron chi connectivity index (χ2n) is 3.50. The molecule has 0 radical (unpaired) electrons. The predicted molar refractivity (Wildman–Crippen MR) is 63.4 cm³/mol. The lowest BCUT2D eigenvalue weighted by atomic mass is 10.3. The van der Waals surface area contributed by atoms with Crippen molar-refractivity contribution in [3.05, 3.63) is 0 Å². The fourth-order valence-electron chi connectivity index (χ4n) is 1.66.